The third-order valence-corrected chi connectivity index (χ3v) is 3.85. The molecule has 5 nitrogen and oxygen atoms in total. The fourth-order valence-electron chi connectivity index (χ4n) is 2.26. The average Bonchev–Trinajstić information content (AvgIpc) is 2.64. The zero-order valence-corrected chi connectivity index (χ0v) is 13.4. The summed E-state index contributed by atoms with van der Waals surface area (Å²) in [7, 11) is 1.66. The van der Waals surface area contributed by atoms with Crippen LogP contribution in [0.25, 0.3) is 10.2 Å². The number of anilines is 2. The molecule has 2 aromatic heterocycles. The lowest BCUT2D eigenvalue weighted by Gasteiger charge is -2.09. The number of carbonyl (C=O) groups is 1. The maximum Gasteiger partial charge on any atom is 0.154 e. The summed E-state index contributed by atoms with van der Waals surface area (Å²) in [5.74, 6) is -0.0100. The molecule has 0 radical (unpaired) electrons. The Balaban J connectivity index is 2.57. The lowest BCUT2D eigenvalue weighted by molar-refractivity contribution is -0.112. The molecule has 0 aliphatic heterocycles. The normalized spacial score (nSPS) is 11.9. The van der Waals surface area contributed by atoms with Crippen LogP contribution in [0, 0.1) is 6.92 Å². The van der Waals surface area contributed by atoms with Gasteiger partial charge < -0.3 is 15.8 Å². The summed E-state index contributed by atoms with van der Waals surface area (Å²) in [5, 5.41) is 4.82. The summed E-state index contributed by atoms with van der Waals surface area (Å²) >= 11 is 1.43. The standard InChI is InChI=1S/C15H19N3O2S/c1-8(5-10(3)19)17-13-12-11(7-20-4)6-9(2)18-15(12)21-14(13)16/h5-6,17H,7,16H2,1-4H3/b8-5+. The third kappa shape index (κ3) is 3.40. The second-order valence-corrected chi connectivity index (χ2v) is 5.97. The Hall–Kier alpha value is -1.92. The highest BCUT2D eigenvalue weighted by atomic mass is 32.1. The Bertz CT molecular complexity index is 719. The van der Waals surface area contributed by atoms with Gasteiger partial charge in [-0.25, -0.2) is 4.98 Å². The predicted molar refractivity (Wildman–Crippen MR) is 87.5 cm³/mol. The molecule has 2 aromatic rings. The van der Waals surface area contributed by atoms with Crippen molar-refractivity contribution < 1.29 is 9.53 Å². The number of rotatable bonds is 5. The molecule has 0 spiro atoms. The Morgan fingerprint density at radius 3 is 2.86 bits per heavy atom. The van der Waals surface area contributed by atoms with Crippen molar-refractivity contribution in [1.29, 1.82) is 0 Å². The van der Waals surface area contributed by atoms with Crippen LogP contribution in [-0.4, -0.2) is 17.9 Å². The number of nitrogens with two attached hydrogens (primary N) is 1. The quantitative estimate of drug-likeness (QED) is 0.829. The third-order valence-electron chi connectivity index (χ3n) is 2.94. The summed E-state index contributed by atoms with van der Waals surface area (Å²) in [5.41, 5.74) is 9.62. The lowest BCUT2D eigenvalue weighted by atomic mass is 10.1. The molecule has 6 heteroatoms. The monoisotopic (exact) mass is 305 g/mol. The van der Waals surface area contributed by atoms with Gasteiger partial charge in [0.15, 0.2) is 5.78 Å². The second-order valence-electron chi connectivity index (χ2n) is 4.94. The number of allylic oxidation sites excluding steroid dienone is 2. The van der Waals surface area contributed by atoms with Crippen molar-refractivity contribution in [2.45, 2.75) is 27.4 Å². The van der Waals surface area contributed by atoms with Crippen molar-refractivity contribution in [2.24, 2.45) is 0 Å². The van der Waals surface area contributed by atoms with Gasteiger partial charge in [0.05, 0.1) is 12.3 Å². The maximum absolute atomic E-state index is 11.2. The van der Waals surface area contributed by atoms with E-state index in [1.54, 1.807) is 13.2 Å². The largest absolute Gasteiger partial charge is 0.389 e. The number of ether oxygens (including phenoxy) is 1. The fourth-order valence-corrected chi connectivity index (χ4v) is 3.25. The first kappa shape index (κ1) is 15.5. The first-order valence-corrected chi connectivity index (χ1v) is 7.37. The van der Waals surface area contributed by atoms with Gasteiger partial charge in [0.2, 0.25) is 0 Å². The summed E-state index contributed by atoms with van der Waals surface area (Å²) in [6.07, 6.45) is 1.54. The van der Waals surface area contributed by atoms with Gasteiger partial charge in [-0.3, -0.25) is 4.79 Å². The second kappa shape index (κ2) is 6.24. The van der Waals surface area contributed by atoms with E-state index in [1.807, 2.05) is 19.9 Å². The van der Waals surface area contributed by atoms with Gasteiger partial charge in [-0.05, 0) is 38.5 Å². The molecule has 0 saturated carbocycles. The highest BCUT2D eigenvalue weighted by molar-refractivity contribution is 7.23. The van der Waals surface area contributed by atoms with Crippen LogP contribution in [0.1, 0.15) is 25.1 Å². The molecule has 0 aliphatic rings. The van der Waals surface area contributed by atoms with E-state index in [9.17, 15) is 4.79 Å². The summed E-state index contributed by atoms with van der Waals surface area (Å²) in [4.78, 5) is 16.6. The van der Waals surface area contributed by atoms with Crippen LogP contribution in [0.5, 0.6) is 0 Å². The smallest absolute Gasteiger partial charge is 0.154 e. The molecule has 0 aromatic carbocycles. The number of hydrogen-bond acceptors (Lipinski definition) is 6. The number of nitrogens with zero attached hydrogens (tertiary/aromatic N) is 1. The van der Waals surface area contributed by atoms with Crippen LogP contribution in [0.2, 0.25) is 0 Å². The molecular formula is C15H19N3O2S. The minimum absolute atomic E-state index is 0.0100. The van der Waals surface area contributed by atoms with Crippen LogP contribution in [0.15, 0.2) is 17.8 Å². The van der Waals surface area contributed by atoms with Gasteiger partial charge in [-0.2, -0.15) is 0 Å². The van der Waals surface area contributed by atoms with Crippen LogP contribution in [0.4, 0.5) is 10.7 Å². The summed E-state index contributed by atoms with van der Waals surface area (Å²) in [6.45, 7) is 5.78. The van der Waals surface area contributed by atoms with E-state index in [4.69, 9.17) is 10.5 Å². The number of nitrogens with one attached hydrogen (secondary N) is 1. The molecule has 0 saturated heterocycles. The topological polar surface area (TPSA) is 77.2 Å². The Morgan fingerprint density at radius 1 is 1.52 bits per heavy atom. The molecule has 0 unspecified atom stereocenters. The molecule has 0 aliphatic carbocycles. The van der Waals surface area contributed by atoms with Gasteiger partial charge in [0.1, 0.15) is 9.83 Å². The van der Waals surface area contributed by atoms with E-state index in [-0.39, 0.29) is 5.78 Å². The zero-order chi connectivity index (χ0) is 15.6. The molecule has 3 N–H and O–H groups in total. The van der Waals surface area contributed by atoms with Gasteiger partial charge in [0, 0.05) is 23.9 Å². The number of hydrogen-bond donors (Lipinski definition) is 2. The molecule has 2 heterocycles. The van der Waals surface area contributed by atoms with Crippen molar-refractivity contribution in [2.75, 3.05) is 18.2 Å². The van der Waals surface area contributed by atoms with E-state index in [1.165, 1.54) is 18.3 Å². The molecule has 0 atom stereocenters. The highest BCUT2D eigenvalue weighted by Crippen LogP contribution is 2.40. The van der Waals surface area contributed by atoms with Gasteiger partial charge in [0.25, 0.3) is 0 Å². The first-order chi connectivity index (χ1) is 9.92. The Morgan fingerprint density at radius 2 is 2.24 bits per heavy atom. The molecule has 21 heavy (non-hydrogen) atoms. The van der Waals surface area contributed by atoms with E-state index >= 15 is 0 Å². The number of thiophene rings is 1. The number of nitrogen functional groups attached to an aromatic ring is 1. The van der Waals surface area contributed by atoms with Crippen molar-refractivity contribution >= 4 is 38.0 Å². The Labute approximate surface area is 127 Å². The highest BCUT2D eigenvalue weighted by Gasteiger charge is 2.16. The minimum Gasteiger partial charge on any atom is -0.389 e. The number of pyridine rings is 1. The van der Waals surface area contributed by atoms with Crippen molar-refractivity contribution in [3.05, 3.63) is 29.1 Å². The lowest BCUT2D eigenvalue weighted by Crippen LogP contribution is -2.01. The molecule has 2 rings (SSSR count). The summed E-state index contributed by atoms with van der Waals surface area (Å²) < 4.78 is 5.26. The number of methoxy groups -OCH3 is 1. The Kier molecular flexibility index (Phi) is 4.59. The van der Waals surface area contributed by atoms with Crippen LogP contribution in [0.3, 0.4) is 0 Å². The number of aromatic nitrogens is 1. The van der Waals surface area contributed by atoms with E-state index in [0.717, 1.165) is 32.9 Å². The van der Waals surface area contributed by atoms with Crippen LogP contribution >= 0.6 is 11.3 Å². The summed E-state index contributed by atoms with van der Waals surface area (Å²) in [6, 6.07) is 1.99. The number of aryl methyl sites for hydroxylation is 1. The van der Waals surface area contributed by atoms with Gasteiger partial charge in [-0.1, -0.05) is 11.3 Å². The van der Waals surface area contributed by atoms with E-state index in [2.05, 4.69) is 10.3 Å². The number of carbonyl (C=O) groups excluding carboxylic acids is 1. The molecular weight excluding hydrogens is 286 g/mol. The number of fused-ring (bicyclic) bond motifs is 1. The van der Waals surface area contributed by atoms with Crippen molar-refractivity contribution in [3.63, 3.8) is 0 Å². The average molecular weight is 305 g/mol. The molecule has 0 amide bonds. The maximum atomic E-state index is 11.2. The zero-order valence-electron chi connectivity index (χ0n) is 12.6. The van der Waals surface area contributed by atoms with Crippen LogP contribution < -0.4 is 11.1 Å². The molecule has 0 bridgehead atoms. The van der Waals surface area contributed by atoms with Crippen molar-refractivity contribution in [1.82, 2.24) is 4.98 Å². The fraction of sp³-hybridized carbons (Fsp3) is 0.333. The molecule has 112 valence electrons. The predicted octanol–water partition coefficient (Wildman–Crippen LogP) is 3.24. The SMILES string of the molecule is COCc1cc(C)nc2sc(N)c(N/C(C)=C/C(C)=O)c12. The van der Waals surface area contributed by atoms with Gasteiger partial charge in [-0.15, -0.1) is 0 Å². The minimum atomic E-state index is -0.0100. The van der Waals surface area contributed by atoms with E-state index in [0.29, 0.717) is 11.6 Å². The molecule has 0 fully saturated rings. The van der Waals surface area contributed by atoms with Gasteiger partial charge >= 0.3 is 0 Å². The van der Waals surface area contributed by atoms with E-state index < -0.39 is 0 Å². The van der Waals surface area contributed by atoms with Crippen molar-refractivity contribution in [3.8, 4) is 0 Å². The number of ketones is 1. The first-order valence-electron chi connectivity index (χ1n) is 6.55. The van der Waals surface area contributed by atoms with Crippen LogP contribution in [-0.2, 0) is 16.1 Å².